The second kappa shape index (κ2) is 12.2. The molecule has 2 aliphatic heterocycles. The van der Waals surface area contributed by atoms with Crippen molar-refractivity contribution >= 4 is 50.4 Å². The molecule has 1 saturated heterocycles. The highest BCUT2D eigenvalue weighted by molar-refractivity contribution is 9.10. The molecule has 8 rings (SSSR count). The third-order valence-corrected chi connectivity index (χ3v) is 10.3. The van der Waals surface area contributed by atoms with Crippen LogP contribution in [-0.4, -0.2) is 75.6 Å². The zero-order valence-electron chi connectivity index (χ0n) is 27.0. The number of likely N-dealkylation sites (tertiary alicyclic amines) is 1. The number of pyridine rings is 1. The zero-order valence-corrected chi connectivity index (χ0v) is 28.6. The number of hydrogen-bond acceptors (Lipinski definition) is 9. The monoisotopic (exact) mass is 720 g/mol. The van der Waals surface area contributed by atoms with E-state index in [1.165, 1.54) is 6.92 Å². The molecule has 1 spiro atoms. The lowest BCUT2D eigenvalue weighted by atomic mass is 9.94. The number of rotatable bonds is 4. The first-order valence-electron chi connectivity index (χ1n) is 16.2. The molecule has 6 heterocycles. The third kappa shape index (κ3) is 5.90. The maximum Gasteiger partial charge on any atom is 0.245 e. The normalized spacial score (nSPS) is 22.5. The van der Waals surface area contributed by atoms with Gasteiger partial charge in [0.25, 0.3) is 0 Å². The van der Waals surface area contributed by atoms with E-state index in [2.05, 4.69) is 36.0 Å². The molecule has 5 aromatic rings. The molecular formula is C36H33BrN8O4. The summed E-state index contributed by atoms with van der Waals surface area (Å²) in [5.41, 5.74) is 4.60. The van der Waals surface area contributed by atoms with Crippen LogP contribution in [-0.2, 0) is 40.4 Å². The molecule has 0 radical (unpaired) electrons. The third-order valence-electron chi connectivity index (χ3n) is 9.84. The highest BCUT2D eigenvalue weighted by atomic mass is 79.9. The number of ether oxygens (including phenoxy) is 1. The molecule has 12 nitrogen and oxygen atoms in total. The maximum absolute atomic E-state index is 14.4. The molecular weight excluding hydrogens is 688 g/mol. The molecule has 1 aromatic carbocycles. The summed E-state index contributed by atoms with van der Waals surface area (Å²) >= 11 is 3.46. The van der Waals surface area contributed by atoms with Gasteiger partial charge in [0.1, 0.15) is 22.7 Å². The van der Waals surface area contributed by atoms with Crippen molar-refractivity contribution < 1.29 is 19.1 Å². The van der Waals surface area contributed by atoms with Crippen molar-refractivity contribution in [3.8, 4) is 11.1 Å². The lowest BCUT2D eigenvalue weighted by Gasteiger charge is -2.27. The smallest absolute Gasteiger partial charge is 0.245 e. The summed E-state index contributed by atoms with van der Waals surface area (Å²) in [7, 11) is 0. The summed E-state index contributed by atoms with van der Waals surface area (Å²) < 4.78 is 10.0. The van der Waals surface area contributed by atoms with E-state index in [4.69, 9.17) is 9.84 Å². The Labute approximate surface area is 290 Å². The van der Waals surface area contributed by atoms with Crippen molar-refractivity contribution in [1.82, 2.24) is 39.4 Å². The number of fused-ring (bicyclic) bond motifs is 5. The fourth-order valence-electron chi connectivity index (χ4n) is 7.34. The lowest BCUT2D eigenvalue weighted by molar-refractivity contribution is -0.139. The summed E-state index contributed by atoms with van der Waals surface area (Å²) in [6.07, 6.45) is 10.7. The summed E-state index contributed by atoms with van der Waals surface area (Å²) in [6, 6.07) is 10.6. The predicted molar refractivity (Wildman–Crippen MR) is 183 cm³/mol. The van der Waals surface area contributed by atoms with Crippen molar-refractivity contribution in [1.29, 1.82) is 0 Å². The van der Waals surface area contributed by atoms with Crippen molar-refractivity contribution in [2.45, 2.75) is 64.9 Å². The Morgan fingerprint density at radius 2 is 1.90 bits per heavy atom. The number of aromatic nitrogens is 7. The molecule has 13 heteroatoms. The number of Topliss-reactive ketones (excluding diaryl/α,β-unsaturated/α-hetero) is 2. The quantitative estimate of drug-likeness (QED) is 0.190. The Balaban J connectivity index is 1.13. The van der Waals surface area contributed by atoms with Gasteiger partial charge in [-0.3, -0.25) is 23.7 Å². The van der Waals surface area contributed by atoms with Crippen LogP contribution in [0.3, 0.4) is 0 Å². The molecule has 4 bridgehead atoms. The number of amides is 1. The molecule has 1 amide bonds. The van der Waals surface area contributed by atoms with E-state index in [-0.39, 0.29) is 47.6 Å². The lowest BCUT2D eigenvalue weighted by Crippen LogP contribution is -2.45. The molecule has 4 aromatic heterocycles. The molecule has 2 fully saturated rings. The van der Waals surface area contributed by atoms with Gasteiger partial charge in [0.15, 0.2) is 11.6 Å². The van der Waals surface area contributed by atoms with Crippen molar-refractivity contribution in [2.75, 3.05) is 6.61 Å². The van der Waals surface area contributed by atoms with Crippen molar-refractivity contribution in [2.24, 2.45) is 5.41 Å². The number of halogens is 1. The summed E-state index contributed by atoms with van der Waals surface area (Å²) in [6.45, 7) is 4.46. The number of carbonyl (C=O) groups excluding carboxylic acids is 3. The highest BCUT2D eigenvalue weighted by Gasteiger charge is 2.67. The van der Waals surface area contributed by atoms with Crippen LogP contribution in [0.4, 0.5) is 0 Å². The standard InChI is InChI=1S/C36H33BrN8O4/c1-21(46)35-27-12-23(25-16-38-22(2)39-17-25)5-7-29(27)44(42-35)18-34(48)45-30-14-36(15-32(36)45)20-43-10-9-26(41-43)4-3-11-49-19-24-6-8-33(37)40-28(24)13-31(30)47/h3-10,12,16-17,30,32H,11,13-15,18-20H2,1-2H3/b4-3+/t30-,32+,36-/m0/s1. The Morgan fingerprint density at radius 1 is 1.06 bits per heavy atom. The van der Waals surface area contributed by atoms with Gasteiger partial charge in [-0.2, -0.15) is 10.2 Å². The van der Waals surface area contributed by atoms with E-state index in [0.717, 1.165) is 28.8 Å². The number of nitrogens with zero attached hydrogens (tertiary/aromatic N) is 8. The number of benzene rings is 1. The van der Waals surface area contributed by atoms with Gasteiger partial charge < -0.3 is 9.64 Å². The van der Waals surface area contributed by atoms with Gasteiger partial charge in [0, 0.05) is 54.5 Å². The van der Waals surface area contributed by atoms with E-state index >= 15 is 0 Å². The SMILES string of the molecule is CC(=O)c1nn(CC(=O)N2[C@H]3C[C@]4(C[C@@H]24)Cn2ccc(n2)/C=C/COCc2ccc(Br)nc2CC3=O)c2ccc(-c3cnc(C)nc3)cc12. The van der Waals surface area contributed by atoms with Gasteiger partial charge in [-0.25, -0.2) is 15.0 Å². The van der Waals surface area contributed by atoms with Crippen LogP contribution in [0.5, 0.6) is 0 Å². The van der Waals surface area contributed by atoms with E-state index in [9.17, 15) is 14.4 Å². The molecule has 1 saturated carbocycles. The van der Waals surface area contributed by atoms with Gasteiger partial charge in [0.2, 0.25) is 5.91 Å². The average Bonchev–Trinajstić information content (AvgIpc) is 3.34. The second-order valence-corrected chi connectivity index (χ2v) is 14.0. The van der Waals surface area contributed by atoms with E-state index in [1.807, 2.05) is 66.4 Å². The fraction of sp³-hybridized carbons (Fsp3) is 0.333. The van der Waals surface area contributed by atoms with Crippen LogP contribution in [0.2, 0.25) is 0 Å². The van der Waals surface area contributed by atoms with Crippen molar-refractivity contribution in [3.63, 3.8) is 0 Å². The number of hydrogen-bond donors (Lipinski definition) is 0. The van der Waals surface area contributed by atoms with Gasteiger partial charge in [0.05, 0.1) is 42.6 Å². The van der Waals surface area contributed by atoms with Crippen LogP contribution >= 0.6 is 15.9 Å². The van der Waals surface area contributed by atoms with E-state index in [1.54, 1.807) is 22.0 Å². The first-order valence-corrected chi connectivity index (χ1v) is 17.0. The van der Waals surface area contributed by atoms with E-state index in [0.29, 0.717) is 53.2 Å². The molecule has 1 aliphatic carbocycles. The first kappa shape index (κ1) is 31.4. The average molecular weight is 722 g/mol. The van der Waals surface area contributed by atoms with Crippen LogP contribution in [0.15, 0.2) is 65.7 Å². The van der Waals surface area contributed by atoms with Crippen LogP contribution in [0, 0.1) is 12.3 Å². The Morgan fingerprint density at radius 3 is 2.71 bits per heavy atom. The van der Waals surface area contributed by atoms with Crippen molar-refractivity contribution in [3.05, 3.63) is 94.1 Å². The summed E-state index contributed by atoms with van der Waals surface area (Å²) in [4.78, 5) is 56.3. The molecule has 0 unspecified atom stereocenters. The Hall–Kier alpha value is -4.88. The Kier molecular flexibility index (Phi) is 7.83. The molecule has 0 N–H and O–H groups in total. The number of ketones is 2. The summed E-state index contributed by atoms with van der Waals surface area (Å²) in [5.74, 6) is 0.172. The van der Waals surface area contributed by atoms with Crippen LogP contribution in [0.25, 0.3) is 28.1 Å². The van der Waals surface area contributed by atoms with Gasteiger partial charge >= 0.3 is 0 Å². The number of carbonyl (C=O) groups is 3. The second-order valence-electron chi connectivity index (χ2n) is 13.2. The van der Waals surface area contributed by atoms with E-state index < -0.39 is 6.04 Å². The predicted octanol–water partition coefficient (Wildman–Crippen LogP) is 4.77. The van der Waals surface area contributed by atoms with Crippen LogP contribution < -0.4 is 0 Å². The van der Waals surface area contributed by atoms with Gasteiger partial charge in [-0.15, -0.1) is 0 Å². The largest absolute Gasteiger partial charge is 0.373 e. The minimum atomic E-state index is -0.633. The number of aryl methyl sites for hydroxylation is 1. The molecule has 49 heavy (non-hydrogen) atoms. The minimum absolute atomic E-state index is 0.0698. The minimum Gasteiger partial charge on any atom is -0.373 e. The van der Waals surface area contributed by atoms with Crippen LogP contribution in [0.1, 0.15) is 53.0 Å². The molecule has 3 atom stereocenters. The molecule has 248 valence electrons. The first-order chi connectivity index (χ1) is 23.7. The highest BCUT2D eigenvalue weighted by Crippen LogP contribution is 2.60. The maximum atomic E-state index is 14.4. The molecule has 3 aliphatic rings. The Bertz CT molecular complexity index is 2170. The topological polar surface area (TPSA) is 138 Å². The zero-order chi connectivity index (χ0) is 33.9. The fourth-order valence-corrected chi connectivity index (χ4v) is 7.68. The van der Waals surface area contributed by atoms with Gasteiger partial charge in [-0.05, 0) is 77.2 Å². The summed E-state index contributed by atoms with van der Waals surface area (Å²) in [5, 5.41) is 10.0. The number of piperidine rings is 1. The van der Waals surface area contributed by atoms with Gasteiger partial charge in [-0.1, -0.05) is 18.2 Å².